The molecular formula is C16H17ClN4. The van der Waals surface area contributed by atoms with Gasteiger partial charge in [-0.3, -0.25) is 4.98 Å². The normalized spacial score (nSPS) is 17.7. The second-order valence-electron chi connectivity index (χ2n) is 5.88. The van der Waals surface area contributed by atoms with Crippen LogP contribution < -0.4 is 4.90 Å². The van der Waals surface area contributed by atoms with Gasteiger partial charge in [-0.1, -0.05) is 17.7 Å². The van der Waals surface area contributed by atoms with Crippen molar-refractivity contribution >= 4 is 17.4 Å². The third-order valence-corrected chi connectivity index (χ3v) is 4.65. The largest absolute Gasteiger partial charge is 0.351 e. The van der Waals surface area contributed by atoms with E-state index in [1.807, 2.05) is 19.2 Å². The van der Waals surface area contributed by atoms with Gasteiger partial charge in [0.1, 0.15) is 16.8 Å². The Bertz CT molecular complexity index is 697. The number of hydrogen-bond acceptors (Lipinski definition) is 4. The molecule has 1 saturated carbocycles. The fourth-order valence-corrected chi connectivity index (χ4v) is 3.04. The Hall–Kier alpha value is -1.68. The molecule has 0 bridgehead atoms. The van der Waals surface area contributed by atoms with Crippen LogP contribution in [0.15, 0.2) is 18.3 Å². The third kappa shape index (κ3) is 2.38. The third-order valence-electron chi connectivity index (χ3n) is 4.28. The van der Waals surface area contributed by atoms with Crippen molar-refractivity contribution in [2.45, 2.75) is 38.6 Å². The molecule has 0 unspecified atom stereocenters. The number of halogens is 1. The van der Waals surface area contributed by atoms with Crippen molar-refractivity contribution in [3.8, 4) is 0 Å². The molecule has 1 aliphatic heterocycles. The maximum Gasteiger partial charge on any atom is 0.137 e. The minimum Gasteiger partial charge on any atom is -0.351 e. The molecule has 0 amide bonds. The molecule has 108 valence electrons. The van der Waals surface area contributed by atoms with E-state index in [0.717, 1.165) is 36.7 Å². The van der Waals surface area contributed by atoms with Crippen LogP contribution in [0, 0.1) is 6.92 Å². The van der Waals surface area contributed by atoms with Crippen LogP contribution in [0.25, 0.3) is 0 Å². The lowest BCUT2D eigenvalue weighted by Gasteiger charge is -2.30. The van der Waals surface area contributed by atoms with Crippen LogP contribution in [0.2, 0.25) is 5.15 Å². The van der Waals surface area contributed by atoms with Crippen molar-refractivity contribution in [1.82, 2.24) is 15.0 Å². The van der Waals surface area contributed by atoms with E-state index in [-0.39, 0.29) is 0 Å². The summed E-state index contributed by atoms with van der Waals surface area (Å²) in [4.78, 5) is 16.0. The monoisotopic (exact) mass is 300 g/mol. The minimum absolute atomic E-state index is 0.514. The molecule has 0 aromatic carbocycles. The van der Waals surface area contributed by atoms with E-state index in [4.69, 9.17) is 16.6 Å². The molecule has 0 radical (unpaired) electrons. The number of aromatic nitrogens is 3. The maximum absolute atomic E-state index is 6.32. The van der Waals surface area contributed by atoms with Gasteiger partial charge in [0.05, 0.1) is 0 Å². The first-order valence-electron chi connectivity index (χ1n) is 7.44. The van der Waals surface area contributed by atoms with Crippen LogP contribution in [0.4, 0.5) is 5.82 Å². The molecule has 2 aromatic heterocycles. The molecule has 5 heteroatoms. The average molecular weight is 301 g/mol. The standard InChI is InChI=1S/C16H17ClN4/c1-10-14(17)19-15(11-4-5-11)20-16(10)21-8-6-13-12(9-21)3-2-7-18-13/h2-3,7,11H,4-6,8-9H2,1H3. The van der Waals surface area contributed by atoms with Gasteiger partial charge in [0, 0.05) is 42.9 Å². The number of hydrogen-bond donors (Lipinski definition) is 0. The summed E-state index contributed by atoms with van der Waals surface area (Å²) in [6, 6.07) is 4.15. The van der Waals surface area contributed by atoms with Crippen LogP contribution in [0.3, 0.4) is 0 Å². The highest BCUT2D eigenvalue weighted by Crippen LogP contribution is 2.40. The first-order valence-corrected chi connectivity index (χ1v) is 7.82. The number of fused-ring (bicyclic) bond motifs is 1. The van der Waals surface area contributed by atoms with E-state index in [1.54, 1.807) is 0 Å². The van der Waals surface area contributed by atoms with Crippen molar-refractivity contribution in [3.05, 3.63) is 46.1 Å². The van der Waals surface area contributed by atoms with Gasteiger partial charge in [-0.2, -0.15) is 0 Å². The highest BCUT2D eigenvalue weighted by atomic mass is 35.5. The second kappa shape index (κ2) is 4.95. The number of pyridine rings is 1. The Kier molecular flexibility index (Phi) is 3.07. The lowest BCUT2D eigenvalue weighted by Crippen LogP contribution is -2.32. The summed E-state index contributed by atoms with van der Waals surface area (Å²) < 4.78 is 0. The molecular weight excluding hydrogens is 284 g/mol. The zero-order valence-corrected chi connectivity index (χ0v) is 12.8. The summed E-state index contributed by atoms with van der Waals surface area (Å²) in [5.41, 5.74) is 3.47. The molecule has 21 heavy (non-hydrogen) atoms. The van der Waals surface area contributed by atoms with Crippen LogP contribution in [0.1, 0.15) is 41.4 Å². The molecule has 1 fully saturated rings. The Balaban J connectivity index is 1.71. The highest BCUT2D eigenvalue weighted by molar-refractivity contribution is 6.30. The molecule has 4 nitrogen and oxygen atoms in total. The van der Waals surface area contributed by atoms with E-state index >= 15 is 0 Å². The Morgan fingerprint density at radius 1 is 1.29 bits per heavy atom. The van der Waals surface area contributed by atoms with Crippen molar-refractivity contribution in [2.24, 2.45) is 0 Å². The molecule has 0 atom stereocenters. The van der Waals surface area contributed by atoms with E-state index in [0.29, 0.717) is 11.1 Å². The molecule has 2 aromatic rings. The molecule has 3 heterocycles. The maximum atomic E-state index is 6.32. The predicted molar refractivity (Wildman–Crippen MR) is 82.7 cm³/mol. The van der Waals surface area contributed by atoms with Crippen LogP contribution in [0.5, 0.6) is 0 Å². The number of anilines is 1. The van der Waals surface area contributed by atoms with Gasteiger partial charge in [0.25, 0.3) is 0 Å². The summed E-state index contributed by atoms with van der Waals surface area (Å²) in [5, 5.41) is 0.596. The second-order valence-corrected chi connectivity index (χ2v) is 6.23. The van der Waals surface area contributed by atoms with Gasteiger partial charge in [0.15, 0.2) is 0 Å². The van der Waals surface area contributed by atoms with E-state index in [2.05, 4.69) is 20.9 Å². The van der Waals surface area contributed by atoms with E-state index in [1.165, 1.54) is 24.1 Å². The average Bonchev–Trinajstić information content (AvgIpc) is 3.34. The summed E-state index contributed by atoms with van der Waals surface area (Å²) in [5.74, 6) is 2.42. The lowest BCUT2D eigenvalue weighted by atomic mass is 10.1. The molecule has 0 spiro atoms. The van der Waals surface area contributed by atoms with Crippen LogP contribution in [-0.4, -0.2) is 21.5 Å². The number of rotatable bonds is 2. The SMILES string of the molecule is Cc1c(Cl)nc(C2CC2)nc1N1CCc2ncccc2C1. The first kappa shape index (κ1) is 13.0. The summed E-state index contributed by atoms with van der Waals surface area (Å²) in [6.07, 6.45) is 5.19. The highest BCUT2D eigenvalue weighted by Gasteiger charge is 2.29. The quantitative estimate of drug-likeness (QED) is 0.798. The molecule has 4 rings (SSSR count). The predicted octanol–water partition coefficient (Wildman–Crippen LogP) is 3.27. The zero-order valence-electron chi connectivity index (χ0n) is 12.0. The summed E-state index contributed by atoms with van der Waals surface area (Å²) in [7, 11) is 0. The fourth-order valence-electron chi connectivity index (χ4n) is 2.87. The van der Waals surface area contributed by atoms with Gasteiger partial charge >= 0.3 is 0 Å². The Labute approximate surface area is 129 Å². The van der Waals surface area contributed by atoms with E-state index in [9.17, 15) is 0 Å². The molecule has 0 N–H and O–H groups in total. The summed E-state index contributed by atoms with van der Waals surface area (Å²) >= 11 is 6.32. The van der Waals surface area contributed by atoms with Gasteiger partial charge in [-0.25, -0.2) is 9.97 Å². The van der Waals surface area contributed by atoms with Gasteiger partial charge < -0.3 is 4.90 Å². The van der Waals surface area contributed by atoms with E-state index < -0.39 is 0 Å². The minimum atomic E-state index is 0.514. The smallest absolute Gasteiger partial charge is 0.137 e. The number of nitrogens with zero attached hydrogens (tertiary/aromatic N) is 4. The summed E-state index contributed by atoms with van der Waals surface area (Å²) in [6.45, 7) is 3.79. The van der Waals surface area contributed by atoms with Crippen molar-refractivity contribution in [2.75, 3.05) is 11.4 Å². The van der Waals surface area contributed by atoms with Crippen LogP contribution >= 0.6 is 11.6 Å². The molecule has 0 saturated heterocycles. The Morgan fingerprint density at radius 2 is 2.14 bits per heavy atom. The Morgan fingerprint density at radius 3 is 2.95 bits per heavy atom. The fraction of sp³-hybridized carbons (Fsp3) is 0.438. The van der Waals surface area contributed by atoms with Gasteiger partial charge in [-0.15, -0.1) is 0 Å². The van der Waals surface area contributed by atoms with Crippen molar-refractivity contribution in [3.63, 3.8) is 0 Å². The first-order chi connectivity index (χ1) is 10.2. The van der Waals surface area contributed by atoms with Crippen molar-refractivity contribution < 1.29 is 0 Å². The molecule has 2 aliphatic rings. The zero-order chi connectivity index (χ0) is 14.4. The topological polar surface area (TPSA) is 41.9 Å². The molecule has 1 aliphatic carbocycles. The van der Waals surface area contributed by atoms with Crippen molar-refractivity contribution in [1.29, 1.82) is 0 Å². The van der Waals surface area contributed by atoms with Gasteiger partial charge in [0.2, 0.25) is 0 Å². The van der Waals surface area contributed by atoms with Crippen LogP contribution in [-0.2, 0) is 13.0 Å². The van der Waals surface area contributed by atoms with Gasteiger partial charge in [-0.05, 0) is 31.4 Å². The lowest BCUT2D eigenvalue weighted by molar-refractivity contribution is 0.694.